The van der Waals surface area contributed by atoms with Gasteiger partial charge in [-0.3, -0.25) is 10.1 Å². The smallest absolute Gasteiger partial charge is 0.270 e. The molecular formula is C10H12N6O4S. The van der Waals surface area contributed by atoms with Crippen LogP contribution in [0.1, 0.15) is 5.82 Å². The molecule has 0 spiro atoms. The number of nitrogens with two attached hydrogens (primary N) is 1. The maximum absolute atomic E-state index is 12.2. The van der Waals surface area contributed by atoms with Crippen molar-refractivity contribution < 1.29 is 13.3 Å². The Labute approximate surface area is 119 Å². The first-order valence-electron chi connectivity index (χ1n) is 5.67. The van der Waals surface area contributed by atoms with Crippen molar-refractivity contribution in [2.45, 2.75) is 11.4 Å². The van der Waals surface area contributed by atoms with E-state index in [2.05, 4.69) is 14.9 Å². The molecule has 11 heteroatoms. The van der Waals surface area contributed by atoms with E-state index in [1.54, 1.807) is 11.6 Å². The average molecular weight is 312 g/mol. The van der Waals surface area contributed by atoms with E-state index in [0.29, 0.717) is 5.82 Å². The molecule has 1 aromatic heterocycles. The lowest BCUT2D eigenvalue weighted by Gasteiger charge is -2.08. The number of anilines is 1. The van der Waals surface area contributed by atoms with Crippen LogP contribution in [-0.2, 0) is 23.6 Å². The lowest BCUT2D eigenvalue weighted by atomic mass is 10.3. The van der Waals surface area contributed by atoms with Crippen LogP contribution >= 0.6 is 0 Å². The van der Waals surface area contributed by atoms with Gasteiger partial charge in [-0.05, 0) is 6.07 Å². The summed E-state index contributed by atoms with van der Waals surface area (Å²) in [6.07, 6.45) is 1.42. The van der Waals surface area contributed by atoms with Gasteiger partial charge < -0.3 is 10.3 Å². The lowest BCUT2D eigenvalue weighted by Crippen LogP contribution is -2.25. The number of nitrogens with one attached hydrogen (secondary N) is 1. The predicted octanol–water partition coefficient (Wildman–Crippen LogP) is -0.216. The molecule has 2 rings (SSSR count). The number of hydrogen-bond acceptors (Lipinski definition) is 7. The molecule has 0 aliphatic rings. The summed E-state index contributed by atoms with van der Waals surface area (Å²) in [5.41, 5.74) is 5.14. The number of non-ortho nitro benzene ring substituents is 1. The molecule has 10 nitrogen and oxygen atoms in total. The first-order chi connectivity index (χ1) is 9.81. The van der Waals surface area contributed by atoms with E-state index in [0.717, 1.165) is 12.1 Å². The van der Waals surface area contributed by atoms with Crippen LogP contribution < -0.4 is 10.5 Å². The molecule has 0 amide bonds. The summed E-state index contributed by atoms with van der Waals surface area (Å²) >= 11 is 0. The van der Waals surface area contributed by atoms with Gasteiger partial charge in [0, 0.05) is 19.2 Å². The number of rotatable bonds is 5. The minimum Gasteiger partial charge on any atom is -0.398 e. The molecule has 0 saturated carbocycles. The van der Waals surface area contributed by atoms with E-state index in [1.807, 2.05) is 0 Å². The molecule has 0 aliphatic carbocycles. The Morgan fingerprint density at radius 1 is 1.48 bits per heavy atom. The fraction of sp³-hybridized carbons (Fsp3) is 0.200. The highest BCUT2D eigenvalue weighted by molar-refractivity contribution is 7.89. The van der Waals surface area contributed by atoms with Crippen LogP contribution in [0.5, 0.6) is 0 Å². The highest BCUT2D eigenvalue weighted by Gasteiger charge is 2.21. The van der Waals surface area contributed by atoms with Crippen molar-refractivity contribution in [1.29, 1.82) is 0 Å². The second kappa shape index (κ2) is 5.46. The molecule has 1 aromatic carbocycles. The monoisotopic (exact) mass is 312 g/mol. The zero-order valence-corrected chi connectivity index (χ0v) is 11.7. The first-order valence-corrected chi connectivity index (χ1v) is 7.16. The largest absolute Gasteiger partial charge is 0.398 e. The molecule has 0 fully saturated rings. The second-order valence-electron chi connectivity index (χ2n) is 4.16. The van der Waals surface area contributed by atoms with Crippen molar-refractivity contribution in [1.82, 2.24) is 19.5 Å². The van der Waals surface area contributed by atoms with E-state index in [1.165, 1.54) is 12.4 Å². The number of aryl methyl sites for hydroxylation is 1. The Bertz CT molecular complexity index is 785. The molecule has 0 unspecified atom stereocenters. The van der Waals surface area contributed by atoms with Gasteiger partial charge in [0.2, 0.25) is 10.0 Å². The maximum Gasteiger partial charge on any atom is 0.270 e. The summed E-state index contributed by atoms with van der Waals surface area (Å²) in [4.78, 5) is 9.67. The second-order valence-corrected chi connectivity index (χ2v) is 5.90. The zero-order chi connectivity index (χ0) is 15.6. The van der Waals surface area contributed by atoms with E-state index >= 15 is 0 Å². The number of aromatic nitrogens is 3. The van der Waals surface area contributed by atoms with Crippen molar-refractivity contribution >= 4 is 21.4 Å². The molecule has 0 bridgehead atoms. The Kier molecular flexibility index (Phi) is 3.86. The lowest BCUT2D eigenvalue weighted by molar-refractivity contribution is -0.385. The van der Waals surface area contributed by atoms with Gasteiger partial charge in [-0.1, -0.05) is 0 Å². The fourth-order valence-corrected chi connectivity index (χ4v) is 2.70. The summed E-state index contributed by atoms with van der Waals surface area (Å²) < 4.78 is 28.1. The molecule has 0 atom stereocenters. The van der Waals surface area contributed by atoms with Gasteiger partial charge in [-0.2, -0.15) is 0 Å². The Hall–Kier alpha value is -2.53. The molecule has 0 aliphatic heterocycles. The quantitative estimate of drug-likeness (QED) is 0.441. The van der Waals surface area contributed by atoms with Gasteiger partial charge in [0.25, 0.3) is 5.69 Å². The fourth-order valence-electron chi connectivity index (χ4n) is 1.57. The topological polar surface area (TPSA) is 146 Å². The number of benzene rings is 1. The summed E-state index contributed by atoms with van der Waals surface area (Å²) in [7, 11) is -2.34. The van der Waals surface area contributed by atoms with Gasteiger partial charge in [0.05, 0.1) is 17.2 Å². The van der Waals surface area contributed by atoms with Crippen LogP contribution in [0.2, 0.25) is 0 Å². The molecule has 21 heavy (non-hydrogen) atoms. The standard InChI is InChI=1S/C10H12N6O4S/c1-15-6-12-14-10(15)5-13-21(19,20)9-4-7(16(17)18)2-3-8(9)11/h2-4,6,13H,5,11H2,1H3. The highest BCUT2D eigenvalue weighted by atomic mass is 32.2. The molecule has 0 radical (unpaired) electrons. The normalized spacial score (nSPS) is 11.5. The number of sulfonamides is 1. The van der Waals surface area contributed by atoms with Crippen molar-refractivity contribution in [3.8, 4) is 0 Å². The van der Waals surface area contributed by atoms with Crippen molar-refractivity contribution in [2.24, 2.45) is 7.05 Å². The van der Waals surface area contributed by atoms with Crippen molar-refractivity contribution in [3.63, 3.8) is 0 Å². The minimum atomic E-state index is -4.00. The maximum atomic E-state index is 12.2. The Morgan fingerprint density at radius 3 is 2.76 bits per heavy atom. The molecule has 3 N–H and O–H groups in total. The van der Waals surface area contributed by atoms with E-state index < -0.39 is 14.9 Å². The zero-order valence-electron chi connectivity index (χ0n) is 10.9. The van der Waals surface area contributed by atoms with Gasteiger partial charge in [-0.15, -0.1) is 10.2 Å². The number of hydrogen-bond donors (Lipinski definition) is 2. The number of nitrogens with zero attached hydrogens (tertiary/aromatic N) is 4. The van der Waals surface area contributed by atoms with Gasteiger partial charge >= 0.3 is 0 Å². The van der Waals surface area contributed by atoms with Gasteiger partial charge in [0.1, 0.15) is 17.0 Å². The SMILES string of the molecule is Cn1cnnc1CNS(=O)(=O)c1cc([N+](=O)[O-])ccc1N. The Balaban J connectivity index is 2.29. The molecule has 0 saturated heterocycles. The minimum absolute atomic E-state index is 0.0777. The van der Waals surface area contributed by atoms with E-state index in [9.17, 15) is 18.5 Å². The predicted molar refractivity (Wildman–Crippen MR) is 72.5 cm³/mol. The molecule has 2 aromatic rings. The summed E-state index contributed by atoms with van der Waals surface area (Å²) in [6, 6.07) is 3.22. The van der Waals surface area contributed by atoms with E-state index in [-0.39, 0.29) is 22.8 Å². The van der Waals surface area contributed by atoms with Gasteiger partial charge in [0.15, 0.2) is 0 Å². The first kappa shape index (κ1) is 14.9. The number of nitro benzene ring substituents is 1. The van der Waals surface area contributed by atoms with Crippen LogP contribution in [0, 0.1) is 10.1 Å². The van der Waals surface area contributed by atoms with Gasteiger partial charge in [-0.25, -0.2) is 13.1 Å². The number of nitro groups is 1. The summed E-state index contributed by atoms with van der Waals surface area (Å²) in [5.74, 6) is 0.391. The number of nitrogen functional groups attached to an aromatic ring is 1. The van der Waals surface area contributed by atoms with Crippen LogP contribution in [0.3, 0.4) is 0 Å². The van der Waals surface area contributed by atoms with Crippen molar-refractivity contribution in [2.75, 3.05) is 5.73 Å². The summed E-state index contributed by atoms with van der Waals surface area (Å²) in [6.45, 7) is -0.110. The van der Waals surface area contributed by atoms with Crippen LogP contribution in [-0.4, -0.2) is 28.1 Å². The summed E-state index contributed by atoms with van der Waals surface area (Å²) in [5, 5.41) is 18.0. The third kappa shape index (κ3) is 3.14. The van der Waals surface area contributed by atoms with Crippen molar-refractivity contribution in [3.05, 3.63) is 40.5 Å². The molecule has 1 heterocycles. The third-order valence-corrected chi connectivity index (χ3v) is 4.18. The molecule has 112 valence electrons. The van der Waals surface area contributed by atoms with E-state index in [4.69, 9.17) is 5.73 Å². The molecular weight excluding hydrogens is 300 g/mol. The van der Waals surface area contributed by atoms with Crippen LogP contribution in [0.25, 0.3) is 0 Å². The van der Waals surface area contributed by atoms with Crippen LogP contribution in [0.4, 0.5) is 11.4 Å². The highest BCUT2D eigenvalue weighted by Crippen LogP contribution is 2.23. The van der Waals surface area contributed by atoms with Crippen LogP contribution in [0.15, 0.2) is 29.4 Å². The third-order valence-electron chi connectivity index (χ3n) is 2.72. The Morgan fingerprint density at radius 2 is 2.19 bits per heavy atom. The average Bonchev–Trinajstić information content (AvgIpc) is 2.82.